The highest BCUT2D eigenvalue weighted by atomic mass is 32.2. The van der Waals surface area contributed by atoms with E-state index in [4.69, 9.17) is 4.74 Å². The molecule has 0 amide bonds. The maximum absolute atomic E-state index is 12.5. The molecule has 1 heterocycles. The number of benzene rings is 2. The Labute approximate surface area is 119 Å². The maximum atomic E-state index is 12.5. The highest BCUT2D eigenvalue weighted by Gasteiger charge is 2.25. The van der Waals surface area contributed by atoms with E-state index in [9.17, 15) is 9.00 Å². The topological polar surface area (TPSA) is 43.4 Å². The van der Waals surface area contributed by atoms with Crippen LogP contribution in [0.3, 0.4) is 0 Å². The van der Waals surface area contributed by atoms with Gasteiger partial charge in [0.25, 0.3) is 0 Å². The largest absolute Gasteiger partial charge is 0.441 e. The van der Waals surface area contributed by atoms with Crippen LogP contribution >= 0.6 is 0 Å². The molecule has 2 unspecified atom stereocenters. The molecular formula is C16H12O3S. The van der Waals surface area contributed by atoms with E-state index in [2.05, 4.69) is 6.58 Å². The molecule has 0 bridgehead atoms. The van der Waals surface area contributed by atoms with Gasteiger partial charge in [-0.3, -0.25) is 4.21 Å². The first-order valence-corrected chi connectivity index (χ1v) is 7.35. The molecule has 0 radical (unpaired) electrons. The van der Waals surface area contributed by atoms with Gasteiger partial charge in [0.15, 0.2) is 5.44 Å². The molecule has 2 aromatic rings. The molecule has 2 atom stereocenters. The molecule has 4 heteroatoms. The molecule has 1 aliphatic heterocycles. The Hall–Kier alpha value is -2.20. The van der Waals surface area contributed by atoms with Crippen LogP contribution in [0.1, 0.15) is 5.56 Å². The van der Waals surface area contributed by atoms with Crippen LogP contribution in [0.15, 0.2) is 60.0 Å². The van der Waals surface area contributed by atoms with Crippen LogP contribution in [-0.4, -0.2) is 15.6 Å². The molecule has 0 aliphatic carbocycles. The minimum Gasteiger partial charge on any atom is -0.441 e. The van der Waals surface area contributed by atoms with E-state index >= 15 is 0 Å². The van der Waals surface area contributed by atoms with E-state index in [0.29, 0.717) is 4.90 Å². The van der Waals surface area contributed by atoms with E-state index in [-0.39, 0.29) is 0 Å². The van der Waals surface area contributed by atoms with Crippen molar-refractivity contribution in [2.24, 2.45) is 0 Å². The fourth-order valence-corrected chi connectivity index (χ4v) is 3.42. The van der Waals surface area contributed by atoms with Crippen molar-refractivity contribution in [2.45, 2.75) is 10.3 Å². The van der Waals surface area contributed by atoms with E-state index < -0.39 is 22.2 Å². The molecular weight excluding hydrogens is 272 g/mol. The molecule has 0 aromatic heterocycles. The fraction of sp³-hybridized carbons (Fsp3) is 0.0625. The third-order valence-electron chi connectivity index (χ3n) is 3.14. The molecule has 3 rings (SSSR count). The lowest BCUT2D eigenvalue weighted by atomic mass is 10.1. The van der Waals surface area contributed by atoms with Crippen LogP contribution < -0.4 is 0 Å². The zero-order chi connectivity index (χ0) is 14.1. The van der Waals surface area contributed by atoms with Crippen LogP contribution in [0.2, 0.25) is 0 Å². The first-order chi connectivity index (χ1) is 9.69. The highest BCUT2D eigenvalue weighted by molar-refractivity contribution is 7.85. The molecule has 3 nitrogen and oxygen atoms in total. The van der Waals surface area contributed by atoms with Gasteiger partial charge in [0.05, 0.1) is 15.7 Å². The second kappa shape index (κ2) is 5.06. The van der Waals surface area contributed by atoms with Crippen molar-refractivity contribution in [3.8, 4) is 0 Å². The highest BCUT2D eigenvalue weighted by Crippen LogP contribution is 2.29. The number of rotatable bonds is 2. The minimum atomic E-state index is -1.41. The minimum absolute atomic E-state index is 0.572. The predicted molar refractivity (Wildman–Crippen MR) is 79.5 cm³/mol. The summed E-state index contributed by atoms with van der Waals surface area (Å²) in [4.78, 5) is 11.9. The average molecular weight is 284 g/mol. The summed E-state index contributed by atoms with van der Waals surface area (Å²) in [5, 5.41) is 2.11. The van der Waals surface area contributed by atoms with E-state index in [1.165, 1.54) is 0 Å². The zero-order valence-electron chi connectivity index (χ0n) is 10.6. The smallest absolute Gasteiger partial charge is 0.331 e. The van der Waals surface area contributed by atoms with E-state index in [0.717, 1.165) is 22.4 Å². The summed E-state index contributed by atoms with van der Waals surface area (Å²) in [6.07, 6.45) is 4.56. The quantitative estimate of drug-likeness (QED) is 0.629. The summed E-state index contributed by atoms with van der Waals surface area (Å²) in [5.41, 5.74) is 0.141. The molecule has 0 N–H and O–H groups in total. The Morgan fingerprint density at radius 2 is 1.95 bits per heavy atom. The van der Waals surface area contributed by atoms with Gasteiger partial charge in [-0.1, -0.05) is 36.9 Å². The lowest BCUT2D eigenvalue weighted by molar-refractivity contribution is -0.137. The van der Waals surface area contributed by atoms with Crippen molar-refractivity contribution in [2.75, 3.05) is 0 Å². The summed E-state index contributed by atoms with van der Waals surface area (Å²) in [6.45, 7) is 3.34. The van der Waals surface area contributed by atoms with Crippen molar-refractivity contribution in [1.82, 2.24) is 0 Å². The van der Waals surface area contributed by atoms with Gasteiger partial charge < -0.3 is 4.74 Å². The molecule has 0 fully saturated rings. The second-order valence-corrected chi connectivity index (χ2v) is 5.90. The fourth-order valence-electron chi connectivity index (χ4n) is 2.17. The molecule has 1 aliphatic rings. The zero-order valence-corrected chi connectivity index (χ0v) is 11.4. The van der Waals surface area contributed by atoms with Gasteiger partial charge in [0.2, 0.25) is 0 Å². The molecule has 0 saturated carbocycles. The molecule has 100 valence electrons. The number of hydrogen-bond acceptors (Lipinski definition) is 3. The maximum Gasteiger partial charge on any atom is 0.331 e. The summed E-state index contributed by atoms with van der Waals surface area (Å²) in [6, 6.07) is 11.8. The first kappa shape index (κ1) is 12.8. The van der Waals surface area contributed by atoms with Crippen LogP contribution in [0.5, 0.6) is 0 Å². The van der Waals surface area contributed by atoms with Crippen LogP contribution in [0.25, 0.3) is 16.8 Å². The van der Waals surface area contributed by atoms with Gasteiger partial charge in [0.1, 0.15) is 0 Å². The number of carbonyl (C=O) groups is 1. The van der Waals surface area contributed by atoms with Crippen molar-refractivity contribution in [3.05, 3.63) is 60.7 Å². The Morgan fingerprint density at radius 3 is 2.65 bits per heavy atom. The predicted octanol–water partition coefficient (Wildman–Crippen LogP) is 3.03. The van der Waals surface area contributed by atoms with Gasteiger partial charge in [-0.25, -0.2) is 4.79 Å². The number of esters is 1. The lowest BCUT2D eigenvalue weighted by Crippen LogP contribution is -2.22. The Morgan fingerprint density at radius 1 is 1.25 bits per heavy atom. The third-order valence-corrected chi connectivity index (χ3v) is 4.60. The Balaban J connectivity index is 2.04. The molecule has 2 aromatic carbocycles. The van der Waals surface area contributed by atoms with Crippen molar-refractivity contribution in [3.63, 3.8) is 0 Å². The average Bonchev–Trinajstić information content (AvgIpc) is 2.48. The SMILES string of the molecule is C=CC(=O)OC1C=Cc2cc3ccccc3cc2S1=O. The summed E-state index contributed by atoms with van der Waals surface area (Å²) >= 11 is 0. The van der Waals surface area contributed by atoms with E-state index in [1.807, 2.05) is 42.5 Å². The number of hydrogen-bond donors (Lipinski definition) is 0. The number of carbonyl (C=O) groups excluding carboxylic acids is 1. The summed E-state index contributed by atoms with van der Waals surface area (Å²) in [5.74, 6) is -0.572. The van der Waals surface area contributed by atoms with Crippen LogP contribution in [-0.2, 0) is 20.3 Å². The van der Waals surface area contributed by atoms with Crippen LogP contribution in [0, 0.1) is 0 Å². The standard InChI is InChI=1S/C16H12O3S/c1-2-15(17)19-16-8-7-13-9-11-5-3-4-6-12(11)10-14(13)20(16)18/h2-10,16H,1H2. The second-order valence-electron chi connectivity index (χ2n) is 4.40. The van der Waals surface area contributed by atoms with Crippen LogP contribution in [0.4, 0.5) is 0 Å². The monoisotopic (exact) mass is 284 g/mol. The first-order valence-electron chi connectivity index (χ1n) is 6.13. The lowest BCUT2D eigenvalue weighted by Gasteiger charge is -2.19. The summed E-state index contributed by atoms with van der Waals surface area (Å²) in [7, 11) is -1.41. The van der Waals surface area contributed by atoms with Gasteiger partial charge in [-0.2, -0.15) is 0 Å². The van der Waals surface area contributed by atoms with Gasteiger partial charge in [-0.05, 0) is 34.5 Å². The Bertz CT molecular complexity index is 761. The normalized spacial score (nSPS) is 20.4. The molecule has 20 heavy (non-hydrogen) atoms. The number of ether oxygens (including phenoxy) is 1. The van der Waals surface area contributed by atoms with Crippen molar-refractivity contribution < 1.29 is 13.7 Å². The Kier molecular flexibility index (Phi) is 3.24. The summed E-state index contributed by atoms with van der Waals surface area (Å²) < 4.78 is 17.5. The van der Waals surface area contributed by atoms with Crippen molar-refractivity contribution in [1.29, 1.82) is 0 Å². The molecule has 0 saturated heterocycles. The van der Waals surface area contributed by atoms with Crippen molar-refractivity contribution >= 4 is 33.6 Å². The van der Waals surface area contributed by atoms with Gasteiger partial charge in [0, 0.05) is 6.08 Å². The number of fused-ring (bicyclic) bond motifs is 2. The van der Waals surface area contributed by atoms with Gasteiger partial charge >= 0.3 is 5.97 Å². The molecule has 0 spiro atoms. The van der Waals surface area contributed by atoms with Gasteiger partial charge in [-0.15, -0.1) is 0 Å². The third kappa shape index (κ3) is 2.18. The van der Waals surface area contributed by atoms with E-state index in [1.54, 1.807) is 6.08 Å².